The molecule has 1 unspecified atom stereocenters. The van der Waals surface area contributed by atoms with Crippen LogP contribution in [0.1, 0.15) is 18.0 Å². The molecule has 0 saturated carbocycles. The first kappa shape index (κ1) is 14.3. The monoisotopic (exact) mass is 271 g/mol. The van der Waals surface area contributed by atoms with E-state index in [2.05, 4.69) is 27.4 Å². The lowest BCUT2D eigenvalue weighted by Gasteiger charge is -2.14. The Morgan fingerprint density at radius 2 is 1.95 bits per heavy atom. The Morgan fingerprint density at radius 3 is 2.65 bits per heavy atom. The van der Waals surface area contributed by atoms with Crippen LogP contribution in [0.15, 0.2) is 42.6 Å². The molecule has 20 heavy (non-hydrogen) atoms. The molecular weight excluding hydrogens is 250 g/mol. The highest BCUT2D eigenvalue weighted by atomic mass is 15.2. The van der Waals surface area contributed by atoms with Gasteiger partial charge in [0.2, 0.25) is 5.95 Å². The summed E-state index contributed by atoms with van der Waals surface area (Å²) >= 11 is 0. The molecule has 0 amide bonds. The van der Waals surface area contributed by atoms with Gasteiger partial charge < -0.3 is 16.0 Å². The molecular formula is C15H21N5. The van der Waals surface area contributed by atoms with Crippen molar-refractivity contribution in [2.24, 2.45) is 5.73 Å². The van der Waals surface area contributed by atoms with Gasteiger partial charge in [-0.25, -0.2) is 4.98 Å². The van der Waals surface area contributed by atoms with Crippen molar-refractivity contribution in [2.75, 3.05) is 30.9 Å². The Kier molecular flexibility index (Phi) is 4.90. The minimum Gasteiger partial charge on any atom is -0.370 e. The van der Waals surface area contributed by atoms with Gasteiger partial charge in [0.15, 0.2) is 0 Å². The van der Waals surface area contributed by atoms with Crippen molar-refractivity contribution in [3.63, 3.8) is 0 Å². The second-order valence-electron chi connectivity index (χ2n) is 4.87. The van der Waals surface area contributed by atoms with Gasteiger partial charge in [0, 0.05) is 32.9 Å². The Balaban J connectivity index is 1.85. The summed E-state index contributed by atoms with van der Waals surface area (Å²) in [6.45, 7) is 0.778. The molecule has 2 aromatic rings. The molecule has 0 aliphatic heterocycles. The van der Waals surface area contributed by atoms with Crippen LogP contribution in [0.5, 0.6) is 0 Å². The van der Waals surface area contributed by atoms with Crippen molar-refractivity contribution in [2.45, 2.75) is 12.5 Å². The summed E-state index contributed by atoms with van der Waals surface area (Å²) in [5.74, 6) is 1.52. The van der Waals surface area contributed by atoms with Gasteiger partial charge in [-0.2, -0.15) is 4.98 Å². The molecule has 2 rings (SSSR count). The Bertz CT molecular complexity index is 527. The van der Waals surface area contributed by atoms with Gasteiger partial charge in [0.05, 0.1) is 0 Å². The number of nitrogens with one attached hydrogen (secondary N) is 1. The average molecular weight is 271 g/mol. The van der Waals surface area contributed by atoms with E-state index in [1.54, 1.807) is 6.20 Å². The highest BCUT2D eigenvalue weighted by Gasteiger charge is 2.05. The highest BCUT2D eigenvalue weighted by Crippen LogP contribution is 2.14. The summed E-state index contributed by atoms with van der Waals surface area (Å²) in [6, 6.07) is 12.0. The first-order chi connectivity index (χ1) is 9.66. The molecule has 5 nitrogen and oxygen atoms in total. The van der Waals surface area contributed by atoms with Crippen LogP contribution < -0.4 is 16.0 Å². The maximum Gasteiger partial charge on any atom is 0.226 e. The molecule has 0 radical (unpaired) electrons. The number of hydrogen-bond acceptors (Lipinski definition) is 5. The van der Waals surface area contributed by atoms with Crippen LogP contribution in [0.3, 0.4) is 0 Å². The van der Waals surface area contributed by atoms with Gasteiger partial charge in [-0.1, -0.05) is 30.3 Å². The highest BCUT2D eigenvalue weighted by molar-refractivity contribution is 5.40. The molecule has 1 atom stereocenters. The molecule has 1 heterocycles. The number of aromatic nitrogens is 2. The molecule has 3 N–H and O–H groups in total. The average Bonchev–Trinajstić information content (AvgIpc) is 2.48. The lowest BCUT2D eigenvalue weighted by molar-refractivity contribution is 0.674. The zero-order valence-corrected chi connectivity index (χ0v) is 12.0. The van der Waals surface area contributed by atoms with Gasteiger partial charge in [-0.05, 0) is 18.1 Å². The van der Waals surface area contributed by atoms with Gasteiger partial charge in [-0.15, -0.1) is 0 Å². The lowest BCUT2D eigenvalue weighted by atomic mass is 10.1. The van der Waals surface area contributed by atoms with Crippen LogP contribution in [0, 0.1) is 0 Å². The van der Waals surface area contributed by atoms with E-state index < -0.39 is 0 Å². The van der Waals surface area contributed by atoms with Crippen molar-refractivity contribution < 1.29 is 0 Å². The van der Waals surface area contributed by atoms with E-state index in [0.717, 1.165) is 24.3 Å². The minimum atomic E-state index is 0.0406. The van der Waals surface area contributed by atoms with Crippen LogP contribution in [0.4, 0.5) is 11.8 Å². The van der Waals surface area contributed by atoms with E-state index in [1.807, 2.05) is 43.3 Å². The van der Waals surface area contributed by atoms with Crippen molar-refractivity contribution in [1.82, 2.24) is 9.97 Å². The number of benzene rings is 1. The van der Waals surface area contributed by atoms with Crippen LogP contribution in [0.2, 0.25) is 0 Å². The van der Waals surface area contributed by atoms with Crippen molar-refractivity contribution in [3.05, 3.63) is 48.2 Å². The topological polar surface area (TPSA) is 67.1 Å². The smallest absolute Gasteiger partial charge is 0.226 e. The van der Waals surface area contributed by atoms with Crippen LogP contribution in [0.25, 0.3) is 0 Å². The molecule has 1 aromatic carbocycles. The van der Waals surface area contributed by atoms with Crippen molar-refractivity contribution in [3.8, 4) is 0 Å². The van der Waals surface area contributed by atoms with E-state index in [1.165, 1.54) is 0 Å². The second kappa shape index (κ2) is 6.86. The summed E-state index contributed by atoms with van der Waals surface area (Å²) in [5.41, 5.74) is 7.31. The third kappa shape index (κ3) is 3.93. The fourth-order valence-corrected chi connectivity index (χ4v) is 1.88. The predicted molar refractivity (Wildman–Crippen MR) is 82.8 cm³/mol. The SMILES string of the molecule is CN(C)c1nccc(NCCC(N)c2ccccc2)n1. The summed E-state index contributed by atoms with van der Waals surface area (Å²) < 4.78 is 0. The Hall–Kier alpha value is -2.14. The normalized spacial score (nSPS) is 11.9. The van der Waals surface area contributed by atoms with Crippen LogP contribution >= 0.6 is 0 Å². The molecule has 1 aromatic heterocycles. The van der Waals surface area contributed by atoms with E-state index in [0.29, 0.717) is 5.95 Å². The summed E-state index contributed by atoms with van der Waals surface area (Å²) in [6.07, 6.45) is 2.60. The van der Waals surface area contributed by atoms with Crippen LogP contribution in [-0.2, 0) is 0 Å². The fraction of sp³-hybridized carbons (Fsp3) is 0.333. The second-order valence-corrected chi connectivity index (χ2v) is 4.87. The standard InChI is InChI=1S/C15H21N5/c1-20(2)15-18-11-9-14(19-15)17-10-8-13(16)12-6-4-3-5-7-12/h3-7,9,11,13H,8,10,16H2,1-2H3,(H,17,18,19). The zero-order chi connectivity index (χ0) is 14.4. The predicted octanol–water partition coefficient (Wildman–Crippen LogP) is 2.04. The van der Waals surface area contributed by atoms with Crippen molar-refractivity contribution >= 4 is 11.8 Å². The number of anilines is 2. The summed E-state index contributed by atoms with van der Waals surface area (Å²) in [7, 11) is 3.84. The number of hydrogen-bond donors (Lipinski definition) is 2. The number of nitrogens with zero attached hydrogens (tertiary/aromatic N) is 3. The van der Waals surface area contributed by atoms with Crippen molar-refractivity contribution in [1.29, 1.82) is 0 Å². The molecule has 0 aliphatic carbocycles. The maximum atomic E-state index is 6.16. The van der Waals surface area contributed by atoms with Gasteiger partial charge in [0.1, 0.15) is 5.82 Å². The fourth-order valence-electron chi connectivity index (χ4n) is 1.88. The Morgan fingerprint density at radius 1 is 1.20 bits per heavy atom. The molecule has 0 aliphatic rings. The van der Waals surface area contributed by atoms with E-state index >= 15 is 0 Å². The molecule has 106 valence electrons. The third-order valence-corrected chi connectivity index (χ3v) is 3.03. The Labute approximate surface area is 119 Å². The third-order valence-electron chi connectivity index (χ3n) is 3.03. The zero-order valence-electron chi connectivity index (χ0n) is 12.0. The van der Waals surface area contributed by atoms with E-state index in [-0.39, 0.29) is 6.04 Å². The first-order valence-electron chi connectivity index (χ1n) is 6.71. The molecule has 0 saturated heterocycles. The quantitative estimate of drug-likeness (QED) is 0.841. The summed E-state index contributed by atoms with van der Waals surface area (Å²) in [5, 5.41) is 3.28. The largest absolute Gasteiger partial charge is 0.370 e. The molecule has 0 fully saturated rings. The first-order valence-corrected chi connectivity index (χ1v) is 6.71. The molecule has 5 heteroatoms. The molecule has 0 bridgehead atoms. The van der Waals surface area contributed by atoms with E-state index in [4.69, 9.17) is 5.73 Å². The van der Waals surface area contributed by atoms with Gasteiger partial charge >= 0.3 is 0 Å². The summed E-state index contributed by atoms with van der Waals surface area (Å²) in [4.78, 5) is 10.5. The van der Waals surface area contributed by atoms with E-state index in [9.17, 15) is 0 Å². The number of nitrogens with two attached hydrogens (primary N) is 1. The molecule has 0 spiro atoms. The lowest BCUT2D eigenvalue weighted by Crippen LogP contribution is -2.17. The van der Waals surface area contributed by atoms with Crippen LogP contribution in [-0.4, -0.2) is 30.6 Å². The minimum absolute atomic E-state index is 0.0406. The maximum absolute atomic E-state index is 6.16. The number of rotatable bonds is 6. The van der Waals surface area contributed by atoms with Gasteiger partial charge in [0.25, 0.3) is 0 Å². The van der Waals surface area contributed by atoms with Gasteiger partial charge in [-0.3, -0.25) is 0 Å².